The van der Waals surface area contributed by atoms with E-state index in [9.17, 15) is 0 Å². The van der Waals surface area contributed by atoms with Crippen LogP contribution in [0.5, 0.6) is 5.75 Å². The highest BCUT2D eigenvalue weighted by Gasteiger charge is 1.98. The maximum absolute atomic E-state index is 8.39. The highest BCUT2D eigenvalue weighted by atomic mass is 16.5. The molecule has 0 unspecified atom stereocenters. The predicted octanol–water partition coefficient (Wildman–Crippen LogP) is 2.22. The average Bonchev–Trinajstić information content (AvgIpc) is 2.16. The molecule has 1 aromatic rings. The normalized spacial score (nSPS) is 11.4. The molecule has 13 heavy (non-hydrogen) atoms. The van der Waals surface area contributed by atoms with Gasteiger partial charge >= 0.3 is 0 Å². The maximum atomic E-state index is 8.39. The molecule has 0 spiro atoms. The summed E-state index contributed by atoms with van der Waals surface area (Å²) in [6.45, 7) is 4.00. The number of hydrogen-bond donors (Lipinski definition) is 1. The van der Waals surface area contributed by atoms with Crippen molar-refractivity contribution < 1.29 is 9.94 Å². The Bertz CT molecular complexity index is 308. The van der Waals surface area contributed by atoms with Crippen molar-refractivity contribution in [1.29, 1.82) is 0 Å². The monoisotopic (exact) mass is 179 g/mol. The first kappa shape index (κ1) is 9.58. The lowest BCUT2D eigenvalue weighted by Gasteiger charge is -2.06. The van der Waals surface area contributed by atoms with E-state index in [4.69, 9.17) is 9.94 Å². The van der Waals surface area contributed by atoms with Crippen LogP contribution in [-0.4, -0.2) is 17.5 Å². The Balaban J connectivity index is 2.60. The summed E-state index contributed by atoms with van der Waals surface area (Å²) in [5.74, 6) is 0.825. The molecular weight excluding hydrogens is 166 g/mol. The number of ether oxygens (including phenoxy) is 1. The summed E-state index contributed by atoms with van der Waals surface area (Å²) in [4.78, 5) is 0. The van der Waals surface area contributed by atoms with Crippen molar-refractivity contribution in [3.63, 3.8) is 0 Å². The number of oxime groups is 1. The molecule has 1 aromatic carbocycles. The van der Waals surface area contributed by atoms with E-state index < -0.39 is 0 Å². The van der Waals surface area contributed by atoms with E-state index in [0.717, 1.165) is 11.3 Å². The molecule has 0 atom stereocenters. The third kappa shape index (κ3) is 2.78. The fraction of sp³-hybridized carbons (Fsp3) is 0.300. The van der Waals surface area contributed by atoms with Gasteiger partial charge in [0.05, 0.1) is 5.71 Å². The Morgan fingerprint density at radius 1 is 1.46 bits per heavy atom. The van der Waals surface area contributed by atoms with Gasteiger partial charge in [0.1, 0.15) is 12.4 Å². The maximum Gasteiger partial charge on any atom is 0.129 e. The minimum absolute atomic E-state index is 0.321. The third-order valence-corrected chi connectivity index (χ3v) is 1.70. The molecule has 0 saturated heterocycles. The van der Waals surface area contributed by atoms with Gasteiger partial charge in [0.25, 0.3) is 0 Å². The first-order chi connectivity index (χ1) is 6.24. The molecule has 0 radical (unpaired) electrons. The Hall–Kier alpha value is -1.51. The van der Waals surface area contributed by atoms with Crippen LogP contribution in [0.3, 0.4) is 0 Å². The van der Waals surface area contributed by atoms with Crippen LogP contribution in [-0.2, 0) is 0 Å². The Labute approximate surface area is 77.6 Å². The van der Waals surface area contributed by atoms with Crippen molar-refractivity contribution in [2.75, 3.05) is 6.61 Å². The number of benzene rings is 1. The van der Waals surface area contributed by atoms with Gasteiger partial charge in [0.2, 0.25) is 0 Å². The highest BCUT2D eigenvalue weighted by molar-refractivity contribution is 5.82. The van der Waals surface area contributed by atoms with Gasteiger partial charge in [-0.05, 0) is 25.5 Å². The minimum Gasteiger partial charge on any atom is -0.487 e. The molecule has 0 aliphatic carbocycles. The number of aryl methyl sites for hydroxylation is 1. The summed E-state index contributed by atoms with van der Waals surface area (Å²) >= 11 is 0. The van der Waals surface area contributed by atoms with Crippen molar-refractivity contribution >= 4 is 5.71 Å². The van der Waals surface area contributed by atoms with Gasteiger partial charge in [0.15, 0.2) is 0 Å². The molecule has 0 heterocycles. The number of para-hydroxylation sites is 1. The van der Waals surface area contributed by atoms with E-state index in [1.165, 1.54) is 0 Å². The lowest BCUT2D eigenvalue weighted by Crippen LogP contribution is -2.07. The van der Waals surface area contributed by atoms with Crippen molar-refractivity contribution in [2.45, 2.75) is 13.8 Å². The molecule has 0 saturated carbocycles. The van der Waals surface area contributed by atoms with Gasteiger partial charge in [0, 0.05) is 0 Å². The lowest BCUT2D eigenvalue weighted by molar-refractivity contribution is 0.306. The fourth-order valence-electron chi connectivity index (χ4n) is 0.929. The fourth-order valence-corrected chi connectivity index (χ4v) is 0.929. The minimum atomic E-state index is 0.321. The van der Waals surface area contributed by atoms with Crippen molar-refractivity contribution in [3.8, 4) is 5.75 Å². The number of nitrogens with zero attached hydrogens (tertiary/aromatic N) is 1. The van der Waals surface area contributed by atoms with Crippen LogP contribution in [0, 0.1) is 6.92 Å². The molecule has 0 bridgehead atoms. The molecule has 0 amide bonds. The third-order valence-electron chi connectivity index (χ3n) is 1.70. The summed E-state index contributed by atoms with van der Waals surface area (Å²) in [5.41, 5.74) is 1.64. The number of rotatable bonds is 3. The average molecular weight is 179 g/mol. The summed E-state index contributed by atoms with van der Waals surface area (Å²) < 4.78 is 5.40. The highest BCUT2D eigenvalue weighted by Crippen LogP contribution is 2.15. The van der Waals surface area contributed by atoms with Gasteiger partial charge < -0.3 is 9.94 Å². The van der Waals surface area contributed by atoms with Crippen LogP contribution in [0.1, 0.15) is 12.5 Å². The summed E-state index contributed by atoms with van der Waals surface area (Å²) in [6.07, 6.45) is 0. The first-order valence-corrected chi connectivity index (χ1v) is 4.10. The van der Waals surface area contributed by atoms with E-state index in [-0.39, 0.29) is 0 Å². The largest absolute Gasteiger partial charge is 0.487 e. The van der Waals surface area contributed by atoms with Crippen molar-refractivity contribution in [3.05, 3.63) is 29.8 Å². The SMILES string of the molecule is CC(COc1ccccc1C)=NO. The van der Waals surface area contributed by atoms with Gasteiger partial charge in [-0.1, -0.05) is 23.4 Å². The zero-order chi connectivity index (χ0) is 9.68. The second kappa shape index (κ2) is 4.50. The quantitative estimate of drug-likeness (QED) is 0.439. The Morgan fingerprint density at radius 3 is 2.77 bits per heavy atom. The zero-order valence-electron chi connectivity index (χ0n) is 7.82. The van der Waals surface area contributed by atoms with Gasteiger partial charge in [-0.3, -0.25) is 0 Å². The lowest BCUT2D eigenvalue weighted by atomic mass is 10.2. The molecule has 0 aliphatic heterocycles. The predicted molar refractivity (Wildman–Crippen MR) is 51.6 cm³/mol. The van der Waals surface area contributed by atoms with Crippen molar-refractivity contribution in [2.24, 2.45) is 5.16 Å². The zero-order valence-corrected chi connectivity index (χ0v) is 7.82. The molecule has 0 aliphatic rings. The van der Waals surface area contributed by atoms with E-state index in [2.05, 4.69) is 5.16 Å². The summed E-state index contributed by atoms with van der Waals surface area (Å²) in [7, 11) is 0. The molecule has 3 heteroatoms. The van der Waals surface area contributed by atoms with Crippen LogP contribution in [0.4, 0.5) is 0 Å². The Morgan fingerprint density at radius 2 is 2.15 bits per heavy atom. The van der Waals surface area contributed by atoms with Gasteiger partial charge in [-0.25, -0.2) is 0 Å². The van der Waals surface area contributed by atoms with E-state index in [0.29, 0.717) is 12.3 Å². The number of hydrogen-bond acceptors (Lipinski definition) is 3. The second-order valence-electron chi connectivity index (χ2n) is 2.89. The van der Waals surface area contributed by atoms with Crippen LogP contribution >= 0.6 is 0 Å². The van der Waals surface area contributed by atoms with Crippen LogP contribution in [0.25, 0.3) is 0 Å². The summed E-state index contributed by atoms with van der Waals surface area (Å²) in [6, 6.07) is 7.73. The molecule has 1 rings (SSSR count). The molecule has 1 N–H and O–H groups in total. The van der Waals surface area contributed by atoms with Crippen LogP contribution in [0.2, 0.25) is 0 Å². The molecule has 0 aromatic heterocycles. The first-order valence-electron chi connectivity index (χ1n) is 4.10. The molecule has 3 nitrogen and oxygen atoms in total. The van der Waals surface area contributed by atoms with E-state index in [1.807, 2.05) is 31.2 Å². The van der Waals surface area contributed by atoms with E-state index >= 15 is 0 Å². The van der Waals surface area contributed by atoms with Crippen LogP contribution < -0.4 is 4.74 Å². The standard InChI is InChI=1S/C10H13NO2/c1-8-5-3-4-6-10(8)13-7-9(2)11-12/h3-6,12H,7H2,1-2H3. The summed E-state index contributed by atoms with van der Waals surface area (Å²) in [5, 5.41) is 11.4. The van der Waals surface area contributed by atoms with E-state index in [1.54, 1.807) is 6.92 Å². The van der Waals surface area contributed by atoms with Crippen LogP contribution in [0.15, 0.2) is 29.4 Å². The Kier molecular flexibility index (Phi) is 3.31. The molecular formula is C10H13NO2. The van der Waals surface area contributed by atoms with Gasteiger partial charge in [-0.15, -0.1) is 0 Å². The van der Waals surface area contributed by atoms with Crippen molar-refractivity contribution in [1.82, 2.24) is 0 Å². The second-order valence-corrected chi connectivity index (χ2v) is 2.89. The molecule has 70 valence electrons. The smallest absolute Gasteiger partial charge is 0.129 e. The topological polar surface area (TPSA) is 41.8 Å². The van der Waals surface area contributed by atoms with Gasteiger partial charge in [-0.2, -0.15) is 0 Å². The molecule has 0 fully saturated rings.